The highest BCUT2D eigenvalue weighted by Gasteiger charge is 2.16. The zero-order valence-electron chi connectivity index (χ0n) is 16.4. The summed E-state index contributed by atoms with van der Waals surface area (Å²) in [5.41, 5.74) is 5.13. The minimum Gasteiger partial charge on any atom is -0.323 e. The predicted molar refractivity (Wildman–Crippen MR) is 112 cm³/mol. The molecular weight excluding hydrogens is 397 g/mol. The average molecular weight is 420 g/mol. The molecule has 0 saturated carbocycles. The Morgan fingerprint density at radius 2 is 1.75 bits per heavy atom. The van der Waals surface area contributed by atoms with Crippen molar-refractivity contribution in [3.05, 3.63) is 62.6 Å². The van der Waals surface area contributed by atoms with Gasteiger partial charge in [-0.15, -0.1) is 0 Å². The third-order valence-corrected chi connectivity index (χ3v) is 5.49. The molecule has 0 aliphatic heterocycles. The normalized spacial score (nSPS) is 11.1. The Hall–Kier alpha value is -2.31. The van der Waals surface area contributed by atoms with Crippen LogP contribution in [0.2, 0.25) is 10.0 Å². The lowest BCUT2D eigenvalue weighted by Crippen LogP contribution is -2.16. The van der Waals surface area contributed by atoms with Gasteiger partial charge in [0.15, 0.2) is 0 Å². The van der Waals surface area contributed by atoms with Crippen LogP contribution in [0.1, 0.15) is 34.8 Å². The van der Waals surface area contributed by atoms with E-state index in [0.717, 1.165) is 34.0 Å². The van der Waals surface area contributed by atoms with Gasteiger partial charge in [0.25, 0.3) is 0 Å². The summed E-state index contributed by atoms with van der Waals surface area (Å²) in [5, 5.41) is 13.2. The van der Waals surface area contributed by atoms with Crippen molar-refractivity contribution < 1.29 is 4.79 Å². The van der Waals surface area contributed by atoms with E-state index in [1.165, 1.54) is 0 Å². The molecule has 28 heavy (non-hydrogen) atoms. The van der Waals surface area contributed by atoms with Crippen LogP contribution in [-0.2, 0) is 17.9 Å². The molecular formula is C20H23Cl2N5O. The molecule has 148 valence electrons. The molecule has 0 unspecified atom stereocenters. The summed E-state index contributed by atoms with van der Waals surface area (Å²) in [4.78, 5) is 12.5. The van der Waals surface area contributed by atoms with E-state index >= 15 is 0 Å². The smallest absolute Gasteiger partial charge is 0.226 e. The first-order valence-corrected chi connectivity index (χ1v) is 9.79. The van der Waals surface area contributed by atoms with E-state index in [0.29, 0.717) is 29.6 Å². The number of hydrogen-bond acceptors (Lipinski definition) is 3. The van der Waals surface area contributed by atoms with E-state index in [1.54, 1.807) is 4.68 Å². The molecule has 8 heteroatoms. The van der Waals surface area contributed by atoms with E-state index < -0.39 is 0 Å². The summed E-state index contributed by atoms with van der Waals surface area (Å²) in [5.74, 6) is -0.0859. The number of nitrogens with one attached hydrogen (secondary N) is 1. The second kappa shape index (κ2) is 8.37. The SMILES string of the molecule is Cc1nn(CCC(=O)Nc2c(C)nn(Cc3cccc(Cl)c3)c2C)c(C)c1Cl. The van der Waals surface area contributed by atoms with Crippen LogP contribution in [0, 0.1) is 27.7 Å². The zero-order valence-corrected chi connectivity index (χ0v) is 17.9. The van der Waals surface area contributed by atoms with Crippen molar-refractivity contribution in [2.45, 2.75) is 47.2 Å². The fourth-order valence-corrected chi connectivity index (χ4v) is 3.49. The molecule has 3 aromatic rings. The Bertz CT molecular complexity index is 1020. The summed E-state index contributed by atoms with van der Waals surface area (Å²) < 4.78 is 3.64. The lowest BCUT2D eigenvalue weighted by atomic mass is 10.2. The molecule has 1 aromatic carbocycles. The fourth-order valence-electron chi connectivity index (χ4n) is 3.14. The number of halogens is 2. The number of anilines is 1. The van der Waals surface area contributed by atoms with Crippen molar-refractivity contribution in [1.82, 2.24) is 19.6 Å². The van der Waals surface area contributed by atoms with E-state index in [1.807, 2.05) is 56.6 Å². The van der Waals surface area contributed by atoms with E-state index in [2.05, 4.69) is 15.5 Å². The van der Waals surface area contributed by atoms with Crippen molar-refractivity contribution >= 4 is 34.8 Å². The molecule has 2 heterocycles. The first-order valence-electron chi connectivity index (χ1n) is 9.04. The third kappa shape index (κ3) is 4.39. The highest BCUT2D eigenvalue weighted by molar-refractivity contribution is 6.31. The van der Waals surface area contributed by atoms with Crippen LogP contribution in [0.4, 0.5) is 5.69 Å². The molecule has 0 aliphatic carbocycles. The Morgan fingerprint density at radius 1 is 1.04 bits per heavy atom. The van der Waals surface area contributed by atoms with Gasteiger partial charge in [-0.25, -0.2) is 0 Å². The first kappa shape index (κ1) is 20.4. The van der Waals surface area contributed by atoms with E-state index in [-0.39, 0.29) is 5.91 Å². The number of benzene rings is 1. The summed E-state index contributed by atoms with van der Waals surface area (Å²) in [7, 11) is 0. The average Bonchev–Trinajstić information content (AvgIpc) is 3.04. The number of carbonyl (C=O) groups is 1. The van der Waals surface area contributed by atoms with Gasteiger partial charge in [0.2, 0.25) is 5.91 Å². The maximum atomic E-state index is 12.5. The standard InChI is InChI=1S/C20H23Cl2N5O/c1-12-19(22)14(3)26(24-12)9-8-18(28)23-20-13(2)25-27(15(20)4)11-16-6-5-7-17(21)10-16/h5-7,10H,8-9,11H2,1-4H3,(H,23,28). The molecule has 0 saturated heterocycles. The van der Waals surface area contributed by atoms with Crippen LogP contribution in [0.15, 0.2) is 24.3 Å². The quantitative estimate of drug-likeness (QED) is 0.629. The monoisotopic (exact) mass is 419 g/mol. The lowest BCUT2D eigenvalue weighted by Gasteiger charge is -2.08. The maximum Gasteiger partial charge on any atom is 0.226 e. The van der Waals surface area contributed by atoms with Gasteiger partial charge in [0, 0.05) is 11.4 Å². The van der Waals surface area contributed by atoms with E-state index in [9.17, 15) is 4.79 Å². The van der Waals surface area contributed by atoms with Crippen molar-refractivity contribution in [3.63, 3.8) is 0 Å². The molecule has 0 fully saturated rings. The molecule has 0 aliphatic rings. The fraction of sp³-hybridized carbons (Fsp3) is 0.350. The van der Waals surface area contributed by atoms with Crippen LogP contribution in [0.25, 0.3) is 0 Å². The molecule has 0 spiro atoms. The van der Waals surface area contributed by atoms with Crippen LogP contribution < -0.4 is 5.32 Å². The van der Waals surface area contributed by atoms with Gasteiger partial charge in [0.1, 0.15) is 0 Å². The summed E-state index contributed by atoms with van der Waals surface area (Å²) >= 11 is 12.2. The van der Waals surface area contributed by atoms with Crippen LogP contribution in [0.3, 0.4) is 0 Å². The van der Waals surface area contributed by atoms with Crippen LogP contribution in [0.5, 0.6) is 0 Å². The molecule has 0 radical (unpaired) electrons. The van der Waals surface area contributed by atoms with E-state index in [4.69, 9.17) is 23.2 Å². The summed E-state index contributed by atoms with van der Waals surface area (Å²) in [6.45, 7) is 8.65. The zero-order chi connectivity index (χ0) is 20.4. The van der Waals surface area contributed by atoms with Crippen molar-refractivity contribution in [2.24, 2.45) is 0 Å². The lowest BCUT2D eigenvalue weighted by molar-refractivity contribution is -0.116. The number of aromatic nitrogens is 4. The number of hydrogen-bond donors (Lipinski definition) is 1. The number of amides is 1. The summed E-state index contributed by atoms with van der Waals surface area (Å²) in [6.07, 6.45) is 0.302. The molecule has 0 atom stereocenters. The van der Waals surface area contributed by atoms with Gasteiger partial charge in [-0.1, -0.05) is 35.3 Å². The number of rotatable bonds is 6. The van der Waals surface area contributed by atoms with Crippen LogP contribution in [-0.4, -0.2) is 25.5 Å². The summed E-state index contributed by atoms with van der Waals surface area (Å²) in [6, 6.07) is 7.67. The van der Waals surface area contributed by atoms with Gasteiger partial charge in [-0.2, -0.15) is 10.2 Å². The predicted octanol–water partition coefficient (Wildman–Crippen LogP) is 4.70. The highest BCUT2D eigenvalue weighted by Crippen LogP contribution is 2.22. The van der Waals surface area contributed by atoms with Gasteiger partial charge < -0.3 is 5.32 Å². The van der Waals surface area contributed by atoms with Gasteiger partial charge in [-0.05, 0) is 45.4 Å². The topological polar surface area (TPSA) is 64.7 Å². The van der Waals surface area contributed by atoms with Gasteiger partial charge in [-0.3, -0.25) is 14.2 Å². The van der Waals surface area contributed by atoms with Crippen molar-refractivity contribution in [1.29, 1.82) is 0 Å². The maximum absolute atomic E-state index is 12.5. The molecule has 1 amide bonds. The van der Waals surface area contributed by atoms with Crippen LogP contribution >= 0.6 is 23.2 Å². The molecule has 1 N–H and O–H groups in total. The number of nitrogens with zero attached hydrogens (tertiary/aromatic N) is 4. The Kier molecular flexibility index (Phi) is 6.10. The third-order valence-electron chi connectivity index (χ3n) is 4.71. The Balaban J connectivity index is 1.67. The Labute approximate surface area is 174 Å². The van der Waals surface area contributed by atoms with Gasteiger partial charge in [0.05, 0.1) is 46.6 Å². The van der Waals surface area contributed by atoms with Crippen molar-refractivity contribution in [2.75, 3.05) is 5.32 Å². The number of aryl methyl sites for hydroxylation is 3. The minimum absolute atomic E-state index is 0.0859. The largest absolute Gasteiger partial charge is 0.323 e. The second-order valence-electron chi connectivity index (χ2n) is 6.84. The minimum atomic E-state index is -0.0859. The molecule has 0 bridgehead atoms. The molecule has 2 aromatic heterocycles. The molecule has 6 nitrogen and oxygen atoms in total. The first-order chi connectivity index (χ1) is 13.3. The van der Waals surface area contributed by atoms with Crippen molar-refractivity contribution in [3.8, 4) is 0 Å². The second-order valence-corrected chi connectivity index (χ2v) is 7.65. The Morgan fingerprint density at radius 3 is 2.39 bits per heavy atom. The molecule has 3 rings (SSSR count). The van der Waals surface area contributed by atoms with Gasteiger partial charge >= 0.3 is 0 Å². The number of carbonyl (C=O) groups excluding carboxylic acids is 1. The highest BCUT2D eigenvalue weighted by atomic mass is 35.5.